The molecule has 132 valence electrons. The Morgan fingerprint density at radius 1 is 1.25 bits per heavy atom. The lowest BCUT2D eigenvalue weighted by molar-refractivity contribution is -0.142. The fraction of sp³-hybridized carbons (Fsp3) is 0.643. The number of fused-ring (bicyclic) bond motifs is 1. The summed E-state index contributed by atoms with van der Waals surface area (Å²) in [6.45, 7) is 2.20. The number of nitrogens with one attached hydrogen (secondary N) is 1. The second kappa shape index (κ2) is 6.08. The molecule has 0 aromatic carbocycles. The van der Waals surface area contributed by atoms with Crippen molar-refractivity contribution in [3.63, 3.8) is 0 Å². The van der Waals surface area contributed by atoms with Crippen LogP contribution in [0.15, 0.2) is 0 Å². The van der Waals surface area contributed by atoms with Gasteiger partial charge in [0.2, 0.25) is 5.91 Å². The lowest BCUT2D eigenvalue weighted by atomic mass is 10.0. The number of likely N-dealkylation sites (N-methyl/N-ethyl adjacent to an activating group) is 1. The van der Waals surface area contributed by atoms with Gasteiger partial charge in [-0.1, -0.05) is 0 Å². The lowest BCUT2D eigenvalue weighted by Crippen LogP contribution is -2.48. The maximum atomic E-state index is 13.1. The average Bonchev–Trinajstić information content (AvgIpc) is 2.88. The number of amides is 2. The van der Waals surface area contributed by atoms with Crippen molar-refractivity contribution < 1.29 is 22.8 Å². The summed E-state index contributed by atoms with van der Waals surface area (Å²) in [4.78, 5) is 28.0. The van der Waals surface area contributed by atoms with Gasteiger partial charge < -0.3 is 15.1 Å². The Morgan fingerprint density at radius 2 is 1.92 bits per heavy atom. The third-order valence-electron chi connectivity index (χ3n) is 4.34. The summed E-state index contributed by atoms with van der Waals surface area (Å²) in [7, 11) is 1.94. The van der Waals surface area contributed by atoms with Crippen LogP contribution in [0.25, 0.3) is 0 Å². The predicted octanol–water partition coefficient (Wildman–Crippen LogP) is -0.0382. The van der Waals surface area contributed by atoms with Crippen LogP contribution in [-0.4, -0.2) is 71.2 Å². The number of rotatable bonds is 2. The van der Waals surface area contributed by atoms with Gasteiger partial charge in [-0.3, -0.25) is 9.59 Å². The first kappa shape index (κ1) is 16.7. The topological polar surface area (TPSA) is 70.5 Å². The molecule has 1 aromatic heterocycles. The van der Waals surface area contributed by atoms with Crippen LogP contribution in [0.3, 0.4) is 0 Å². The molecule has 24 heavy (non-hydrogen) atoms. The van der Waals surface area contributed by atoms with E-state index < -0.39 is 17.8 Å². The summed E-state index contributed by atoms with van der Waals surface area (Å²) in [5.41, 5.74) is -1.35. The number of alkyl halides is 3. The molecule has 3 heterocycles. The summed E-state index contributed by atoms with van der Waals surface area (Å²) in [6, 6.07) is 0. The molecule has 2 aliphatic rings. The first-order valence-corrected chi connectivity index (χ1v) is 7.69. The van der Waals surface area contributed by atoms with E-state index in [0.717, 1.165) is 4.68 Å². The largest absolute Gasteiger partial charge is 0.435 e. The molecular formula is C14H18F3N5O2. The lowest BCUT2D eigenvalue weighted by Gasteiger charge is -2.32. The van der Waals surface area contributed by atoms with Crippen molar-refractivity contribution in [2.45, 2.75) is 19.1 Å². The zero-order valence-corrected chi connectivity index (χ0v) is 13.2. The SMILES string of the molecule is CN1CCN(C(=O)Cn2nc(C(F)(F)F)c3c2C(=O)NCC3)CC1. The monoisotopic (exact) mass is 345 g/mol. The average molecular weight is 345 g/mol. The summed E-state index contributed by atoms with van der Waals surface area (Å²) in [6.07, 6.45) is -4.59. The van der Waals surface area contributed by atoms with Gasteiger partial charge in [-0.25, -0.2) is 4.68 Å². The number of carbonyl (C=O) groups excluding carboxylic acids is 2. The minimum atomic E-state index is -4.65. The highest BCUT2D eigenvalue weighted by Gasteiger charge is 2.41. The quantitative estimate of drug-likeness (QED) is 0.817. The van der Waals surface area contributed by atoms with Crippen molar-refractivity contribution in [1.82, 2.24) is 24.9 Å². The van der Waals surface area contributed by atoms with Crippen LogP contribution in [0.1, 0.15) is 21.7 Å². The molecule has 10 heteroatoms. The van der Waals surface area contributed by atoms with Crippen molar-refractivity contribution in [3.05, 3.63) is 17.0 Å². The van der Waals surface area contributed by atoms with Crippen LogP contribution in [0, 0.1) is 0 Å². The van der Waals surface area contributed by atoms with Gasteiger partial charge >= 0.3 is 6.18 Å². The second-order valence-corrected chi connectivity index (χ2v) is 6.02. The van der Waals surface area contributed by atoms with Crippen molar-refractivity contribution in [2.75, 3.05) is 39.8 Å². The van der Waals surface area contributed by atoms with Gasteiger partial charge in [-0.2, -0.15) is 18.3 Å². The van der Waals surface area contributed by atoms with Crippen LogP contribution < -0.4 is 5.32 Å². The zero-order valence-electron chi connectivity index (χ0n) is 13.2. The van der Waals surface area contributed by atoms with E-state index in [1.54, 1.807) is 4.90 Å². The molecule has 2 amide bonds. The molecule has 1 N–H and O–H groups in total. The van der Waals surface area contributed by atoms with Crippen LogP contribution in [-0.2, 0) is 23.9 Å². The van der Waals surface area contributed by atoms with Gasteiger partial charge in [-0.05, 0) is 13.5 Å². The summed E-state index contributed by atoms with van der Waals surface area (Å²) >= 11 is 0. The Bertz CT molecular complexity index is 662. The van der Waals surface area contributed by atoms with E-state index >= 15 is 0 Å². The standard InChI is InChI=1S/C14H18F3N5O2/c1-20-4-6-21(7-5-20)10(23)8-22-11-9(2-3-18-13(11)24)12(19-22)14(15,16)17/h2-8H2,1H3,(H,18,24). The Kier molecular flexibility index (Phi) is 4.24. The van der Waals surface area contributed by atoms with Crippen molar-refractivity contribution in [1.29, 1.82) is 0 Å². The summed E-state index contributed by atoms with van der Waals surface area (Å²) in [5, 5.41) is 6.04. The molecule has 1 aromatic rings. The highest BCUT2D eigenvalue weighted by molar-refractivity contribution is 5.95. The molecule has 3 rings (SSSR count). The van der Waals surface area contributed by atoms with Gasteiger partial charge in [0.25, 0.3) is 5.91 Å². The van der Waals surface area contributed by atoms with Crippen LogP contribution in [0.5, 0.6) is 0 Å². The molecule has 0 saturated carbocycles. The highest BCUT2D eigenvalue weighted by atomic mass is 19.4. The van der Waals surface area contributed by atoms with E-state index in [0.29, 0.717) is 26.2 Å². The predicted molar refractivity (Wildman–Crippen MR) is 77.3 cm³/mol. The first-order chi connectivity index (χ1) is 11.3. The molecular weight excluding hydrogens is 327 g/mol. The minimum Gasteiger partial charge on any atom is -0.350 e. The van der Waals surface area contributed by atoms with E-state index in [9.17, 15) is 22.8 Å². The van der Waals surface area contributed by atoms with Crippen LogP contribution in [0.4, 0.5) is 13.2 Å². The summed E-state index contributed by atoms with van der Waals surface area (Å²) in [5.74, 6) is -0.953. The van der Waals surface area contributed by atoms with Gasteiger partial charge in [-0.15, -0.1) is 0 Å². The van der Waals surface area contributed by atoms with E-state index in [1.807, 2.05) is 7.05 Å². The number of aromatic nitrogens is 2. The van der Waals surface area contributed by atoms with E-state index in [4.69, 9.17) is 0 Å². The van der Waals surface area contributed by atoms with Gasteiger partial charge in [0.05, 0.1) is 0 Å². The molecule has 0 bridgehead atoms. The molecule has 1 fully saturated rings. The van der Waals surface area contributed by atoms with Gasteiger partial charge in [0.15, 0.2) is 5.69 Å². The Labute approximate surface area is 136 Å². The Morgan fingerprint density at radius 3 is 2.54 bits per heavy atom. The number of carbonyl (C=O) groups is 2. The first-order valence-electron chi connectivity index (χ1n) is 7.69. The molecule has 2 aliphatic heterocycles. The number of hydrogen-bond acceptors (Lipinski definition) is 4. The highest BCUT2D eigenvalue weighted by Crippen LogP contribution is 2.33. The minimum absolute atomic E-state index is 0.0542. The fourth-order valence-electron chi connectivity index (χ4n) is 3.00. The summed E-state index contributed by atoms with van der Waals surface area (Å²) < 4.78 is 40.3. The number of nitrogens with zero attached hydrogens (tertiary/aromatic N) is 4. The number of hydrogen-bond donors (Lipinski definition) is 1. The van der Waals surface area contributed by atoms with E-state index in [1.165, 1.54) is 0 Å². The fourth-order valence-corrected chi connectivity index (χ4v) is 3.00. The third-order valence-corrected chi connectivity index (χ3v) is 4.34. The number of halogens is 3. The van der Waals surface area contributed by atoms with Gasteiger partial charge in [0.1, 0.15) is 12.2 Å². The number of piperazine rings is 1. The molecule has 7 nitrogen and oxygen atoms in total. The molecule has 1 saturated heterocycles. The zero-order chi connectivity index (χ0) is 17.5. The van der Waals surface area contributed by atoms with Crippen LogP contribution >= 0.6 is 0 Å². The normalized spacial score (nSPS) is 19.2. The molecule has 0 spiro atoms. The maximum absolute atomic E-state index is 13.1. The van der Waals surface area contributed by atoms with Gasteiger partial charge in [0, 0.05) is 38.3 Å². The van der Waals surface area contributed by atoms with Crippen molar-refractivity contribution >= 4 is 11.8 Å². The van der Waals surface area contributed by atoms with E-state index in [2.05, 4.69) is 15.3 Å². The van der Waals surface area contributed by atoms with Crippen LogP contribution in [0.2, 0.25) is 0 Å². The van der Waals surface area contributed by atoms with E-state index in [-0.39, 0.29) is 36.7 Å². The second-order valence-electron chi connectivity index (χ2n) is 6.02. The molecule has 0 radical (unpaired) electrons. The van der Waals surface area contributed by atoms with Crippen molar-refractivity contribution in [3.8, 4) is 0 Å². The third kappa shape index (κ3) is 3.10. The molecule has 0 atom stereocenters. The van der Waals surface area contributed by atoms with Crippen molar-refractivity contribution in [2.24, 2.45) is 0 Å². The maximum Gasteiger partial charge on any atom is 0.435 e. The molecule has 0 aliphatic carbocycles. The Balaban J connectivity index is 1.87. The smallest absolute Gasteiger partial charge is 0.350 e. The Hall–Kier alpha value is -2.10. The molecule has 0 unspecified atom stereocenters.